The Kier molecular flexibility index (Phi) is 5.97. The summed E-state index contributed by atoms with van der Waals surface area (Å²) in [5.74, 6) is 0.156. The zero-order valence-electron chi connectivity index (χ0n) is 15.0. The third kappa shape index (κ3) is 6.07. The Balaban J connectivity index is 1.96. The normalized spacial score (nSPS) is 11.2. The molecule has 0 unspecified atom stereocenters. The molecule has 0 spiro atoms. The molecule has 0 radical (unpaired) electrons. The number of carbonyl (C=O) groups is 2. The van der Waals surface area contributed by atoms with Gasteiger partial charge in [-0.1, -0.05) is 30.3 Å². The van der Waals surface area contributed by atoms with Gasteiger partial charge in [0.15, 0.2) is 0 Å². The summed E-state index contributed by atoms with van der Waals surface area (Å²) < 4.78 is 0. The first kappa shape index (κ1) is 18.7. The molecule has 0 aliphatic heterocycles. The molecule has 0 bridgehead atoms. The van der Waals surface area contributed by atoms with Crippen molar-refractivity contribution in [1.29, 1.82) is 0 Å². The quantitative estimate of drug-likeness (QED) is 0.844. The maximum Gasteiger partial charge on any atom is 0.251 e. The Morgan fingerprint density at radius 1 is 1.04 bits per heavy atom. The Bertz CT molecular complexity index is 760. The number of amides is 1. The number of Topliss-reactive ketones (excluding diaryl/α,β-unsaturated/α-hetero) is 1. The average molecular weight is 339 g/mol. The minimum Gasteiger partial charge on any atom is -0.508 e. The summed E-state index contributed by atoms with van der Waals surface area (Å²) in [5, 5.41) is 12.7. The fourth-order valence-corrected chi connectivity index (χ4v) is 2.55. The predicted molar refractivity (Wildman–Crippen MR) is 98.8 cm³/mol. The number of hydrogen-bond donors (Lipinski definition) is 2. The fraction of sp³-hybridized carbons (Fsp3) is 0.333. The molecule has 2 aromatic carbocycles. The molecule has 0 saturated carbocycles. The van der Waals surface area contributed by atoms with E-state index in [0.717, 1.165) is 11.1 Å². The van der Waals surface area contributed by atoms with Crippen LogP contribution in [0.25, 0.3) is 0 Å². The second-order valence-corrected chi connectivity index (χ2v) is 7.25. The molecule has 0 aliphatic carbocycles. The maximum atomic E-state index is 12.2. The van der Waals surface area contributed by atoms with Crippen molar-refractivity contribution in [3.05, 3.63) is 65.2 Å². The van der Waals surface area contributed by atoms with Gasteiger partial charge in [0.05, 0.1) is 0 Å². The van der Waals surface area contributed by atoms with E-state index in [2.05, 4.69) is 5.32 Å². The number of carbonyl (C=O) groups excluding carboxylic acids is 2. The van der Waals surface area contributed by atoms with Crippen molar-refractivity contribution >= 4 is 11.7 Å². The number of hydrogen-bond acceptors (Lipinski definition) is 3. The van der Waals surface area contributed by atoms with Crippen LogP contribution in [0.15, 0.2) is 48.5 Å². The van der Waals surface area contributed by atoms with Crippen molar-refractivity contribution in [3.63, 3.8) is 0 Å². The van der Waals surface area contributed by atoms with Crippen LogP contribution in [0, 0.1) is 0 Å². The minimum atomic E-state index is -0.305. The van der Waals surface area contributed by atoms with Crippen LogP contribution < -0.4 is 5.32 Å². The van der Waals surface area contributed by atoms with Gasteiger partial charge in [-0.2, -0.15) is 0 Å². The van der Waals surface area contributed by atoms with Crippen LogP contribution in [0.5, 0.6) is 5.75 Å². The number of aromatic hydroxyl groups is 1. The van der Waals surface area contributed by atoms with Gasteiger partial charge in [0.25, 0.3) is 5.91 Å². The molecule has 0 atom stereocenters. The van der Waals surface area contributed by atoms with E-state index in [0.29, 0.717) is 18.4 Å². The number of phenols is 1. The molecule has 0 fully saturated rings. The largest absolute Gasteiger partial charge is 0.508 e. The second kappa shape index (κ2) is 7.97. The number of phenolic OH excluding ortho intramolecular Hbond substituents is 1. The summed E-state index contributed by atoms with van der Waals surface area (Å²) >= 11 is 0. The van der Waals surface area contributed by atoms with Crippen molar-refractivity contribution in [3.8, 4) is 5.75 Å². The van der Waals surface area contributed by atoms with Gasteiger partial charge in [0, 0.05) is 23.9 Å². The molecular formula is C21H25NO3. The molecule has 4 nitrogen and oxygen atoms in total. The zero-order chi connectivity index (χ0) is 18.4. The predicted octanol–water partition coefficient (Wildman–Crippen LogP) is 3.66. The molecular weight excluding hydrogens is 314 g/mol. The van der Waals surface area contributed by atoms with Gasteiger partial charge in [-0.05, 0) is 56.5 Å². The van der Waals surface area contributed by atoms with Gasteiger partial charge < -0.3 is 10.4 Å². The summed E-state index contributed by atoms with van der Waals surface area (Å²) in [7, 11) is 0. The molecule has 1 amide bonds. The molecule has 2 rings (SSSR count). The highest BCUT2D eigenvalue weighted by Crippen LogP contribution is 2.18. The molecule has 2 aromatic rings. The average Bonchev–Trinajstić information content (AvgIpc) is 2.53. The molecule has 0 aromatic heterocycles. The Morgan fingerprint density at radius 2 is 1.76 bits per heavy atom. The molecule has 132 valence electrons. The number of ketones is 1. The zero-order valence-corrected chi connectivity index (χ0v) is 15.0. The lowest BCUT2D eigenvalue weighted by molar-refractivity contribution is -0.118. The SMILES string of the molecule is CC(C)(C)NC(=O)c1cccc(CC(=O)CCc2ccccc2O)c1. The monoisotopic (exact) mass is 339 g/mol. The van der Waals surface area contributed by atoms with Gasteiger partial charge in [-0.25, -0.2) is 0 Å². The van der Waals surface area contributed by atoms with Gasteiger partial charge in [0.2, 0.25) is 0 Å². The first-order chi connectivity index (χ1) is 11.7. The maximum absolute atomic E-state index is 12.2. The number of aryl methyl sites for hydroxylation is 1. The third-order valence-electron chi connectivity index (χ3n) is 3.74. The summed E-state index contributed by atoms with van der Waals surface area (Å²) in [6.07, 6.45) is 1.15. The highest BCUT2D eigenvalue weighted by Gasteiger charge is 2.16. The van der Waals surface area contributed by atoms with Crippen molar-refractivity contribution < 1.29 is 14.7 Å². The summed E-state index contributed by atoms with van der Waals surface area (Å²) in [5.41, 5.74) is 1.85. The van der Waals surface area contributed by atoms with Crippen molar-refractivity contribution in [1.82, 2.24) is 5.32 Å². The van der Waals surface area contributed by atoms with Crippen molar-refractivity contribution in [2.24, 2.45) is 0 Å². The van der Waals surface area contributed by atoms with Gasteiger partial charge >= 0.3 is 0 Å². The van der Waals surface area contributed by atoms with E-state index in [-0.39, 0.29) is 29.4 Å². The summed E-state index contributed by atoms with van der Waals surface area (Å²) in [4.78, 5) is 24.4. The third-order valence-corrected chi connectivity index (χ3v) is 3.74. The van der Waals surface area contributed by atoms with E-state index in [1.54, 1.807) is 30.3 Å². The standard InChI is InChI=1S/C21H25NO3/c1-21(2,3)22-20(25)17-9-6-7-15(13-17)14-18(23)12-11-16-8-4-5-10-19(16)24/h4-10,13,24H,11-12,14H2,1-3H3,(H,22,25). The van der Waals surface area contributed by atoms with Crippen LogP contribution in [0.3, 0.4) is 0 Å². The molecule has 2 N–H and O–H groups in total. The van der Waals surface area contributed by atoms with Crippen molar-refractivity contribution in [2.45, 2.75) is 45.6 Å². The summed E-state index contributed by atoms with van der Waals surface area (Å²) in [6, 6.07) is 14.2. The number of nitrogens with one attached hydrogen (secondary N) is 1. The molecule has 0 heterocycles. The van der Waals surface area contributed by atoms with Crippen LogP contribution >= 0.6 is 0 Å². The van der Waals surface area contributed by atoms with Gasteiger partial charge in [-0.3, -0.25) is 9.59 Å². The first-order valence-corrected chi connectivity index (χ1v) is 8.44. The van der Waals surface area contributed by atoms with E-state index in [1.165, 1.54) is 0 Å². The molecule has 0 saturated heterocycles. The lowest BCUT2D eigenvalue weighted by atomic mass is 10.00. The Hall–Kier alpha value is -2.62. The van der Waals surface area contributed by atoms with Gasteiger partial charge in [-0.15, -0.1) is 0 Å². The van der Waals surface area contributed by atoms with E-state index in [1.807, 2.05) is 39.0 Å². The van der Waals surface area contributed by atoms with Crippen LogP contribution in [0.4, 0.5) is 0 Å². The fourth-order valence-electron chi connectivity index (χ4n) is 2.55. The number of rotatable bonds is 6. The smallest absolute Gasteiger partial charge is 0.251 e. The highest BCUT2D eigenvalue weighted by atomic mass is 16.3. The lowest BCUT2D eigenvalue weighted by Crippen LogP contribution is -2.40. The van der Waals surface area contributed by atoms with Crippen LogP contribution in [0.1, 0.15) is 48.7 Å². The Morgan fingerprint density at radius 3 is 2.44 bits per heavy atom. The van der Waals surface area contributed by atoms with Crippen LogP contribution in [0.2, 0.25) is 0 Å². The molecule has 25 heavy (non-hydrogen) atoms. The first-order valence-electron chi connectivity index (χ1n) is 8.44. The summed E-state index contributed by atoms with van der Waals surface area (Å²) in [6.45, 7) is 5.78. The number of benzene rings is 2. The van der Waals surface area contributed by atoms with E-state index in [4.69, 9.17) is 0 Å². The highest BCUT2D eigenvalue weighted by molar-refractivity contribution is 5.95. The van der Waals surface area contributed by atoms with E-state index >= 15 is 0 Å². The van der Waals surface area contributed by atoms with Crippen molar-refractivity contribution in [2.75, 3.05) is 0 Å². The second-order valence-electron chi connectivity index (χ2n) is 7.25. The minimum absolute atomic E-state index is 0.0802. The molecule has 0 aliphatic rings. The number of para-hydroxylation sites is 1. The van der Waals surface area contributed by atoms with Gasteiger partial charge in [0.1, 0.15) is 11.5 Å². The Labute approximate surface area is 148 Å². The molecule has 4 heteroatoms. The van der Waals surface area contributed by atoms with E-state index in [9.17, 15) is 14.7 Å². The van der Waals surface area contributed by atoms with E-state index < -0.39 is 0 Å². The van der Waals surface area contributed by atoms with Crippen LogP contribution in [-0.2, 0) is 17.6 Å². The van der Waals surface area contributed by atoms with Crippen LogP contribution in [-0.4, -0.2) is 22.3 Å². The topological polar surface area (TPSA) is 66.4 Å². The lowest BCUT2D eigenvalue weighted by Gasteiger charge is -2.20.